The lowest BCUT2D eigenvalue weighted by molar-refractivity contribution is 0.443. The fourth-order valence-corrected chi connectivity index (χ4v) is 1.44. The van der Waals surface area contributed by atoms with Crippen LogP contribution < -0.4 is 5.32 Å². The van der Waals surface area contributed by atoms with Crippen LogP contribution >= 0.6 is 0 Å². The van der Waals surface area contributed by atoms with Crippen LogP contribution in [0.25, 0.3) is 6.08 Å². The molecule has 1 rings (SSSR count). The quantitative estimate of drug-likeness (QED) is 0.807. The summed E-state index contributed by atoms with van der Waals surface area (Å²) in [5, 5.41) is 3.52. The molecule has 0 amide bonds. The van der Waals surface area contributed by atoms with Crippen molar-refractivity contribution in [1.82, 2.24) is 5.32 Å². The van der Waals surface area contributed by atoms with Gasteiger partial charge >= 0.3 is 0 Å². The summed E-state index contributed by atoms with van der Waals surface area (Å²) in [5.41, 5.74) is 2.92. The molecule has 0 heterocycles. The molecule has 1 nitrogen and oxygen atoms in total. The third kappa shape index (κ3) is 5.13. The monoisotopic (exact) mass is 217 g/mol. The molecule has 0 saturated heterocycles. The second-order valence-corrected chi connectivity index (χ2v) is 5.17. The normalized spacial score (nSPS) is 12.9. The first-order chi connectivity index (χ1) is 7.51. The van der Waals surface area contributed by atoms with Crippen molar-refractivity contribution in [2.75, 3.05) is 6.54 Å². The molecule has 0 saturated carbocycles. The summed E-state index contributed by atoms with van der Waals surface area (Å²) in [6.45, 7) is 9.77. The van der Waals surface area contributed by atoms with Crippen LogP contribution in [-0.4, -0.2) is 12.1 Å². The molecule has 0 atom stereocenters. The van der Waals surface area contributed by atoms with E-state index in [1.807, 2.05) is 0 Å². The Morgan fingerprint density at radius 3 is 2.31 bits per heavy atom. The van der Waals surface area contributed by atoms with Crippen molar-refractivity contribution in [3.63, 3.8) is 0 Å². The van der Waals surface area contributed by atoms with Gasteiger partial charge in [-0.15, -0.1) is 0 Å². The molecule has 0 aliphatic rings. The second kappa shape index (κ2) is 5.86. The Hall–Kier alpha value is -1.08. The Balaban J connectivity index is 2.64. The molecule has 0 aliphatic heterocycles. The predicted molar refractivity (Wildman–Crippen MR) is 72.5 cm³/mol. The summed E-state index contributed by atoms with van der Waals surface area (Å²) in [7, 11) is 0. The van der Waals surface area contributed by atoms with Gasteiger partial charge in [0.05, 0.1) is 0 Å². The first-order valence-electron chi connectivity index (χ1n) is 6.01. The van der Waals surface area contributed by atoms with E-state index < -0.39 is 0 Å². The van der Waals surface area contributed by atoms with Crippen molar-refractivity contribution >= 4 is 6.08 Å². The third-order valence-corrected chi connectivity index (χ3v) is 2.47. The van der Waals surface area contributed by atoms with E-state index in [1.165, 1.54) is 11.1 Å². The van der Waals surface area contributed by atoms with Gasteiger partial charge in [-0.05, 0) is 32.8 Å². The van der Waals surface area contributed by atoms with Crippen molar-refractivity contribution in [1.29, 1.82) is 0 Å². The fraction of sp³-hybridized carbons (Fsp3) is 0.467. The molecule has 88 valence electrons. The number of benzene rings is 1. The largest absolute Gasteiger partial charge is 0.308 e. The molecule has 1 heteroatoms. The summed E-state index contributed by atoms with van der Waals surface area (Å²) in [6.07, 6.45) is 3.37. The number of rotatable bonds is 4. The van der Waals surface area contributed by atoms with Crippen LogP contribution in [0.2, 0.25) is 0 Å². The molecule has 0 bridgehead atoms. The van der Waals surface area contributed by atoms with Crippen LogP contribution in [-0.2, 0) is 0 Å². The van der Waals surface area contributed by atoms with Crippen molar-refractivity contribution in [3.05, 3.63) is 41.5 Å². The van der Waals surface area contributed by atoms with E-state index in [1.54, 1.807) is 0 Å². The van der Waals surface area contributed by atoms with E-state index in [9.17, 15) is 0 Å². The van der Waals surface area contributed by atoms with E-state index in [4.69, 9.17) is 0 Å². The SMILES string of the molecule is CCC(=Cc1ccccc1)CNC(C)(C)C. The predicted octanol–water partition coefficient (Wildman–Crippen LogP) is 3.87. The molecule has 1 aromatic carbocycles. The van der Waals surface area contributed by atoms with Crippen molar-refractivity contribution in [2.45, 2.75) is 39.7 Å². The van der Waals surface area contributed by atoms with Gasteiger partial charge in [0, 0.05) is 12.1 Å². The maximum Gasteiger partial charge on any atom is 0.0172 e. The second-order valence-electron chi connectivity index (χ2n) is 5.17. The van der Waals surface area contributed by atoms with E-state index in [2.05, 4.69) is 69.4 Å². The minimum absolute atomic E-state index is 0.185. The van der Waals surface area contributed by atoms with Crippen LogP contribution in [0.1, 0.15) is 39.7 Å². The molecule has 1 aromatic rings. The summed E-state index contributed by atoms with van der Waals surface area (Å²) >= 11 is 0. The van der Waals surface area contributed by atoms with Crippen molar-refractivity contribution in [2.24, 2.45) is 0 Å². The molecule has 0 spiro atoms. The Bertz CT molecular complexity index is 330. The molecule has 0 aliphatic carbocycles. The molecule has 0 aromatic heterocycles. The average molecular weight is 217 g/mol. The van der Waals surface area contributed by atoms with Crippen LogP contribution in [0.15, 0.2) is 35.9 Å². The Kier molecular flexibility index (Phi) is 4.75. The van der Waals surface area contributed by atoms with Gasteiger partial charge in [-0.2, -0.15) is 0 Å². The average Bonchev–Trinajstić information content (AvgIpc) is 2.24. The highest BCUT2D eigenvalue weighted by Crippen LogP contribution is 2.10. The maximum absolute atomic E-state index is 3.52. The minimum Gasteiger partial charge on any atom is -0.308 e. The fourth-order valence-electron chi connectivity index (χ4n) is 1.44. The van der Waals surface area contributed by atoms with E-state index in [0.29, 0.717) is 0 Å². The molecule has 0 unspecified atom stereocenters. The summed E-state index contributed by atoms with van der Waals surface area (Å²) in [4.78, 5) is 0. The van der Waals surface area contributed by atoms with E-state index >= 15 is 0 Å². The summed E-state index contributed by atoms with van der Waals surface area (Å²) in [6, 6.07) is 10.5. The zero-order valence-electron chi connectivity index (χ0n) is 10.9. The highest BCUT2D eigenvalue weighted by Gasteiger charge is 2.08. The molecule has 0 radical (unpaired) electrons. The zero-order chi connectivity index (χ0) is 12.0. The standard InChI is InChI=1S/C15H23N/c1-5-13(12-16-15(2,3)4)11-14-9-7-6-8-10-14/h6-11,16H,5,12H2,1-4H3. The number of nitrogens with one attached hydrogen (secondary N) is 1. The van der Waals surface area contributed by atoms with Crippen molar-refractivity contribution < 1.29 is 0 Å². The summed E-state index contributed by atoms with van der Waals surface area (Å²) < 4.78 is 0. The van der Waals surface area contributed by atoms with E-state index in [0.717, 1.165) is 13.0 Å². The van der Waals surface area contributed by atoms with Crippen LogP contribution in [0, 0.1) is 0 Å². The highest BCUT2D eigenvalue weighted by molar-refractivity contribution is 5.52. The van der Waals surface area contributed by atoms with Crippen LogP contribution in [0.5, 0.6) is 0 Å². The van der Waals surface area contributed by atoms with E-state index in [-0.39, 0.29) is 5.54 Å². The lowest BCUT2D eigenvalue weighted by Gasteiger charge is -2.21. The number of hydrogen-bond acceptors (Lipinski definition) is 1. The maximum atomic E-state index is 3.52. The van der Waals surface area contributed by atoms with Gasteiger partial charge < -0.3 is 5.32 Å². The molecule has 16 heavy (non-hydrogen) atoms. The van der Waals surface area contributed by atoms with Gasteiger partial charge in [-0.1, -0.05) is 48.9 Å². The van der Waals surface area contributed by atoms with Crippen LogP contribution in [0.3, 0.4) is 0 Å². The Morgan fingerprint density at radius 1 is 1.19 bits per heavy atom. The van der Waals surface area contributed by atoms with Gasteiger partial charge in [-0.25, -0.2) is 0 Å². The third-order valence-electron chi connectivity index (χ3n) is 2.47. The first kappa shape index (κ1) is 13.0. The number of hydrogen-bond donors (Lipinski definition) is 1. The molecular weight excluding hydrogens is 194 g/mol. The van der Waals surface area contributed by atoms with Crippen molar-refractivity contribution in [3.8, 4) is 0 Å². The molecule has 0 fully saturated rings. The summed E-state index contributed by atoms with van der Waals surface area (Å²) in [5.74, 6) is 0. The lowest BCUT2D eigenvalue weighted by Crippen LogP contribution is -2.36. The molecular formula is C15H23N. The zero-order valence-corrected chi connectivity index (χ0v) is 10.9. The van der Waals surface area contributed by atoms with Gasteiger partial charge in [0.2, 0.25) is 0 Å². The smallest absolute Gasteiger partial charge is 0.0172 e. The topological polar surface area (TPSA) is 12.0 Å². The lowest BCUT2D eigenvalue weighted by atomic mass is 10.1. The van der Waals surface area contributed by atoms with Crippen LogP contribution in [0.4, 0.5) is 0 Å². The van der Waals surface area contributed by atoms with Gasteiger partial charge in [0.15, 0.2) is 0 Å². The van der Waals surface area contributed by atoms with Gasteiger partial charge in [-0.3, -0.25) is 0 Å². The highest BCUT2D eigenvalue weighted by atomic mass is 14.9. The Morgan fingerprint density at radius 2 is 1.81 bits per heavy atom. The Labute approximate surface area is 99.6 Å². The van der Waals surface area contributed by atoms with Gasteiger partial charge in [0.25, 0.3) is 0 Å². The minimum atomic E-state index is 0.185. The van der Waals surface area contributed by atoms with Gasteiger partial charge in [0.1, 0.15) is 0 Å². The molecule has 1 N–H and O–H groups in total. The first-order valence-corrected chi connectivity index (χ1v) is 6.01.